The molecule has 0 aliphatic carbocycles. The molecule has 1 aromatic carbocycles. The molecule has 0 spiro atoms. The van der Waals surface area contributed by atoms with Crippen LogP contribution in [0.1, 0.15) is 0 Å². The van der Waals surface area contributed by atoms with E-state index in [-0.39, 0.29) is 6.61 Å². The predicted octanol–water partition coefficient (Wildman–Crippen LogP) is 2.34. The predicted molar refractivity (Wildman–Crippen MR) is 59.9 cm³/mol. The minimum absolute atomic E-state index is 0.183. The van der Waals surface area contributed by atoms with Gasteiger partial charge in [-0.15, -0.1) is 0 Å². The van der Waals surface area contributed by atoms with Gasteiger partial charge in [-0.3, -0.25) is 10.1 Å². The number of ether oxygens (including phenoxy) is 1. The molecule has 1 N–H and O–H groups in total. The highest BCUT2D eigenvalue weighted by Crippen LogP contribution is 2.24. The highest BCUT2D eigenvalue weighted by Gasteiger charge is 2.02. The van der Waals surface area contributed by atoms with Gasteiger partial charge in [0, 0.05) is 23.2 Å². The first kappa shape index (κ1) is 10.2. The quantitative estimate of drug-likeness (QED) is 0.632. The fourth-order valence-corrected chi connectivity index (χ4v) is 1.43. The maximum Gasteiger partial charge on any atom is 0.233 e. The van der Waals surface area contributed by atoms with Gasteiger partial charge >= 0.3 is 0 Å². The number of para-hydroxylation sites is 1. The fraction of sp³-hybridized carbons (Fsp3) is 0.0909. The second-order valence-corrected chi connectivity index (χ2v) is 3.18. The first-order valence-corrected chi connectivity index (χ1v) is 4.76. The molecule has 5 heteroatoms. The summed E-state index contributed by atoms with van der Waals surface area (Å²) in [6.45, 7) is 0.183. The molecule has 1 heterocycles. The van der Waals surface area contributed by atoms with Crippen molar-refractivity contribution in [3.05, 3.63) is 52.9 Å². The van der Waals surface area contributed by atoms with Crippen LogP contribution in [0.25, 0.3) is 10.9 Å². The van der Waals surface area contributed by atoms with E-state index in [4.69, 9.17) is 4.74 Å². The van der Waals surface area contributed by atoms with E-state index in [1.165, 1.54) is 6.08 Å². The summed E-state index contributed by atoms with van der Waals surface area (Å²) in [5.74, 6) is 0.698. The maximum atomic E-state index is 10.0. The van der Waals surface area contributed by atoms with Crippen molar-refractivity contribution in [2.45, 2.75) is 0 Å². The van der Waals surface area contributed by atoms with E-state index in [9.17, 15) is 10.1 Å². The zero-order valence-corrected chi connectivity index (χ0v) is 8.42. The van der Waals surface area contributed by atoms with E-state index in [1.807, 2.05) is 24.3 Å². The van der Waals surface area contributed by atoms with Crippen LogP contribution in [0, 0.1) is 10.1 Å². The maximum absolute atomic E-state index is 10.0. The molecule has 0 bridgehead atoms. The molecule has 82 valence electrons. The van der Waals surface area contributed by atoms with Crippen LogP contribution < -0.4 is 4.74 Å². The van der Waals surface area contributed by atoms with Crippen LogP contribution in [-0.4, -0.2) is 16.5 Å². The first-order valence-electron chi connectivity index (χ1n) is 4.76. The third-order valence-corrected chi connectivity index (χ3v) is 2.11. The standard InChI is InChI=1S/C11H10N2O3/c14-13(15)6-3-7-16-11-8-12-10-5-2-1-4-9(10)11/h1-6,8,12H,7H2. The number of nitrogens with zero attached hydrogens (tertiary/aromatic N) is 1. The average Bonchev–Trinajstić information content (AvgIpc) is 2.68. The molecule has 2 aromatic rings. The minimum Gasteiger partial charge on any atom is -0.487 e. The smallest absolute Gasteiger partial charge is 0.233 e. The molecule has 0 radical (unpaired) electrons. The van der Waals surface area contributed by atoms with E-state index < -0.39 is 4.92 Å². The topological polar surface area (TPSA) is 68.2 Å². The van der Waals surface area contributed by atoms with Gasteiger partial charge in [0.15, 0.2) is 0 Å². The summed E-state index contributed by atoms with van der Waals surface area (Å²) in [6, 6.07) is 7.71. The SMILES string of the molecule is O=[N+]([O-])C=CCOc1c[nH]c2ccccc12. The summed E-state index contributed by atoms with van der Waals surface area (Å²) in [6.07, 6.45) is 3.97. The van der Waals surface area contributed by atoms with Gasteiger partial charge in [0.25, 0.3) is 0 Å². The fourth-order valence-electron chi connectivity index (χ4n) is 1.43. The monoisotopic (exact) mass is 218 g/mol. The van der Waals surface area contributed by atoms with Gasteiger partial charge in [0.05, 0.1) is 4.92 Å². The normalized spacial score (nSPS) is 11.0. The molecule has 0 aliphatic heterocycles. The van der Waals surface area contributed by atoms with Crippen LogP contribution in [0.15, 0.2) is 42.7 Å². The van der Waals surface area contributed by atoms with Gasteiger partial charge < -0.3 is 9.72 Å². The molecule has 0 aliphatic rings. The van der Waals surface area contributed by atoms with Gasteiger partial charge in [0.2, 0.25) is 6.20 Å². The van der Waals surface area contributed by atoms with Gasteiger partial charge in [-0.2, -0.15) is 0 Å². The van der Waals surface area contributed by atoms with Crippen molar-refractivity contribution >= 4 is 10.9 Å². The molecule has 0 amide bonds. The van der Waals surface area contributed by atoms with Crippen molar-refractivity contribution in [1.82, 2.24) is 4.98 Å². The Hall–Kier alpha value is -2.30. The van der Waals surface area contributed by atoms with Crippen LogP contribution in [0.2, 0.25) is 0 Å². The summed E-state index contributed by atoms with van der Waals surface area (Å²) in [5.41, 5.74) is 0.982. The number of benzene rings is 1. The zero-order valence-electron chi connectivity index (χ0n) is 8.42. The van der Waals surface area contributed by atoms with Crippen molar-refractivity contribution in [2.75, 3.05) is 6.61 Å². The van der Waals surface area contributed by atoms with Crippen molar-refractivity contribution in [3.8, 4) is 5.75 Å². The molecule has 0 saturated heterocycles. The lowest BCUT2D eigenvalue weighted by Crippen LogP contribution is -1.94. The average molecular weight is 218 g/mol. The molecule has 1 aromatic heterocycles. The van der Waals surface area contributed by atoms with Crippen LogP contribution in [0.5, 0.6) is 5.75 Å². The van der Waals surface area contributed by atoms with E-state index in [1.54, 1.807) is 6.20 Å². The highest BCUT2D eigenvalue weighted by atomic mass is 16.6. The van der Waals surface area contributed by atoms with Crippen LogP contribution in [0.3, 0.4) is 0 Å². The lowest BCUT2D eigenvalue weighted by molar-refractivity contribution is -0.402. The van der Waals surface area contributed by atoms with Gasteiger partial charge in [-0.25, -0.2) is 0 Å². The number of rotatable bonds is 4. The number of H-pyrrole nitrogens is 1. The lowest BCUT2D eigenvalue weighted by Gasteiger charge is -1.99. The Labute approximate surface area is 91.5 Å². The first-order chi connectivity index (χ1) is 7.77. The number of aromatic nitrogens is 1. The molecule has 0 saturated carbocycles. The molecule has 5 nitrogen and oxygen atoms in total. The Morgan fingerprint density at radius 3 is 3.06 bits per heavy atom. The third kappa shape index (κ3) is 2.20. The molecular formula is C11H10N2O3. The van der Waals surface area contributed by atoms with E-state index in [0.29, 0.717) is 5.75 Å². The van der Waals surface area contributed by atoms with Crippen molar-refractivity contribution < 1.29 is 9.66 Å². The van der Waals surface area contributed by atoms with Crippen LogP contribution in [-0.2, 0) is 0 Å². The van der Waals surface area contributed by atoms with E-state index >= 15 is 0 Å². The summed E-state index contributed by atoms with van der Waals surface area (Å²) >= 11 is 0. The van der Waals surface area contributed by atoms with Crippen molar-refractivity contribution in [2.24, 2.45) is 0 Å². The number of nitrogens with one attached hydrogen (secondary N) is 1. The number of nitro groups is 1. The second kappa shape index (κ2) is 4.48. The Kier molecular flexibility index (Phi) is 2.86. The molecular weight excluding hydrogens is 208 g/mol. The summed E-state index contributed by atoms with van der Waals surface area (Å²) in [4.78, 5) is 12.6. The Bertz CT molecular complexity index is 531. The summed E-state index contributed by atoms with van der Waals surface area (Å²) < 4.78 is 5.39. The van der Waals surface area contributed by atoms with Crippen molar-refractivity contribution in [3.63, 3.8) is 0 Å². The molecule has 0 atom stereocenters. The molecule has 16 heavy (non-hydrogen) atoms. The van der Waals surface area contributed by atoms with Crippen LogP contribution >= 0.6 is 0 Å². The molecule has 0 unspecified atom stereocenters. The minimum atomic E-state index is -0.515. The lowest BCUT2D eigenvalue weighted by atomic mass is 10.2. The van der Waals surface area contributed by atoms with Gasteiger partial charge in [-0.1, -0.05) is 12.1 Å². The Balaban J connectivity index is 2.07. The second-order valence-electron chi connectivity index (χ2n) is 3.18. The Morgan fingerprint density at radius 1 is 1.44 bits per heavy atom. The summed E-state index contributed by atoms with van der Waals surface area (Å²) in [7, 11) is 0. The number of fused-ring (bicyclic) bond motifs is 1. The molecule has 0 fully saturated rings. The number of aromatic amines is 1. The van der Waals surface area contributed by atoms with Gasteiger partial charge in [0.1, 0.15) is 12.4 Å². The number of hydrogen-bond acceptors (Lipinski definition) is 3. The van der Waals surface area contributed by atoms with E-state index in [0.717, 1.165) is 17.1 Å². The largest absolute Gasteiger partial charge is 0.487 e. The van der Waals surface area contributed by atoms with Crippen LogP contribution in [0.4, 0.5) is 0 Å². The zero-order chi connectivity index (χ0) is 11.4. The van der Waals surface area contributed by atoms with Gasteiger partial charge in [-0.05, 0) is 12.1 Å². The number of hydrogen-bond donors (Lipinski definition) is 1. The third-order valence-electron chi connectivity index (χ3n) is 2.11. The summed E-state index contributed by atoms with van der Waals surface area (Å²) in [5, 5.41) is 11.0. The van der Waals surface area contributed by atoms with Crippen molar-refractivity contribution in [1.29, 1.82) is 0 Å². The highest BCUT2D eigenvalue weighted by molar-refractivity contribution is 5.85. The van der Waals surface area contributed by atoms with E-state index in [2.05, 4.69) is 4.98 Å². The Morgan fingerprint density at radius 2 is 2.25 bits per heavy atom. The molecule has 2 rings (SSSR count).